The normalized spacial score (nSPS) is 10.2. The lowest BCUT2D eigenvalue weighted by Crippen LogP contribution is -2.07. The first-order valence-corrected chi connectivity index (χ1v) is 5.73. The topological polar surface area (TPSA) is 50.9 Å². The highest BCUT2D eigenvalue weighted by Crippen LogP contribution is 2.11. The standard InChI is InChI=1S/C14H17N3/c1-11-6-7-16-14(8-11)17-10-13-5-3-2-4-12(13)9-15/h2-8H,9-10,15H2,1H3,(H,16,17). The average Bonchev–Trinajstić information content (AvgIpc) is 2.37. The van der Waals surface area contributed by atoms with E-state index in [0.717, 1.165) is 12.4 Å². The Hall–Kier alpha value is -1.87. The number of pyridine rings is 1. The Bertz CT molecular complexity index is 494. The number of aromatic nitrogens is 1. The van der Waals surface area contributed by atoms with Gasteiger partial charge in [0.25, 0.3) is 0 Å². The van der Waals surface area contributed by atoms with Gasteiger partial charge in [-0.25, -0.2) is 4.98 Å². The molecule has 1 heterocycles. The first kappa shape index (κ1) is 11.6. The van der Waals surface area contributed by atoms with Gasteiger partial charge >= 0.3 is 0 Å². The Morgan fingerprint density at radius 3 is 2.65 bits per heavy atom. The van der Waals surface area contributed by atoms with Gasteiger partial charge in [-0.3, -0.25) is 0 Å². The van der Waals surface area contributed by atoms with E-state index in [0.29, 0.717) is 6.54 Å². The van der Waals surface area contributed by atoms with Crippen LogP contribution < -0.4 is 11.1 Å². The van der Waals surface area contributed by atoms with E-state index in [2.05, 4.69) is 29.4 Å². The summed E-state index contributed by atoms with van der Waals surface area (Å²) in [6.45, 7) is 3.38. The summed E-state index contributed by atoms with van der Waals surface area (Å²) in [5, 5.41) is 3.31. The van der Waals surface area contributed by atoms with Crippen molar-refractivity contribution in [1.82, 2.24) is 4.98 Å². The third-order valence-corrected chi connectivity index (χ3v) is 2.71. The number of nitrogens with zero attached hydrogens (tertiary/aromatic N) is 1. The molecular formula is C14H17N3. The Kier molecular flexibility index (Phi) is 3.73. The maximum Gasteiger partial charge on any atom is 0.126 e. The molecule has 2 aromatic rings. The van der Waals surface area contributed by atoms with Gasteiger partial charge in [-0.05, 0) is 35.7 Å². The summed E-state index contributed by atoms with van der Waals surface area (Å²) < 4.78 is 0. The molecule has 0 amide bonds. The van der Waals surface area contributed by atoms with E-state index in [1.165, 1.54) is 16.7 Å². The lowest BCUT2D eigenvalue weighted by Gasteiger charge is -2.09. The predicted molar refractivity (Wildman–Crippen MR) is 70.6 cm³/mol. The summed E-state index contributed by atoms with van der Waals surface area (Å²) in [5.74, 6) is 0.900. The molecule has 3 heteroatoms. The third-order valence-electron chi connectivity index (χ3n) is 2.71. The highest BCUT2D eigenvalue weighted by molar-refractivity contribution is 5.39. The molecule has 0 fully saturated rings. The van der Waals surface area contributed by atoms with Crippen LogP contribution in [-0.2, 0) is 13.1 Å². The van der Waals surface area contributed by atoms with Gasteiger partial charge in [0.1, 0.15) is 5.82 Å². The molecule has 0 saturated heterocycles. The van der Waals surface area contributed by atoms with Crippen molar-refractivity contribution in [3.05, 3.63) is 59.3 Å². The predicted octanol–water partition coefficient (Wildman–Crippen LogP) is 2.46. The number of nitrogens with two attached hydrogens (primary N) is 1. The van der Waals surface area contributed by atoms with Crippen molar-refractivity contribution in [3.8, 4) is 0 Å². The molecule has 3 N–H and O–H groups in total. The van der Waals surface area contributed by atoms with Crippen LogP contribution in [0.25, 0.3) is 0 Å². The van der Waals surface area contributed by atoms with Crippen molar-refractivity contribution in [3.63, 3.8) is 0 Å². The summed E-state index contributed by atoms with van der Waals surface area (Å²) >= 11 is 0. The number of nitrogens with one attached hydrogen (secondary N) is 1. The number of anilines is 1. The summed E-state index contributed by atoms with van der Waals surface area (Å²) in [5.41, 5.74) is 9.30. The monoisotopic (exact) mass is 227 g/mol. The number of hydrogen-bond donors (Lipinski definition) is 2. The summed E-state index contributed by atoms with van der Waals surface area (Å²) in [7, 11) is 0. The minimum Gasteiger partial charge on any atom is -0.366 e. The lowest BCUT2D eigenvalue weighted by atomic mass is 10.1. The SMILES string of the molecule is Cc1ccnc(NCc2ccccc2CN)c1. The summed E-state index contributed by atoms with van der Waals surface area (Å²) in [6, 6.07) is 12.2. The molecular weight excluding hydrogens is 210 g/mol. The summed E-state index contributed by atoms with van der Waals surface area (Å²) in [6.07, 6.45) is 1.81. The number of aryl methyl sites for hydroxylation is 1. The van der Waals surface area contributed by atoms with Crippen molar-refractivity contribution < 1.29 is 0 Å². The Labute approximate surface area is 102 Å². The molecule has 88 valence electrons. The molecule has 0 bridgehead atoms. The Morgan fingerprint density at radius 2 is 1.94 bits per heavy atom. The maximum absolute atomic E-state index is 5.70. The second-order valence-electron chi connectivity index (χ2n) is 4.04. The van der Waals surface area contributed by atoms with Gasteiger partial charge in [0.05, 0.1) is 0 Å². The van der Waals surface area contributed by atoms with Gasteiger partial charge in [-0.15, -0.1) is 0 Å². The van der Waals surface area contributed by atoms with Crippen LogP contribution in [-0.4, -0.2) is 4.98 Å². The van der Waals surface area contributed by atoms with Crippen molar-refractivity contribution in [2.24, 2.45) is 5.73 Å². The van der Waals surface area contributed by atoms with Crippen LogP contribution in [0.15, 0.2) is 42.6 Å². The largest absolute Gasteiger partial charge is 0.366 e. The number of rotatable bonds is 4. The van der Waals surface area contributed by atoms with Gasteiger partial charge in [0, 0.05) is 19.3 Å². The van der Waals surface area contributed by atoms with Gasteiger partial charge in [-0.1, -0.05) is 24.3 Å². The third kappa shape index (κ3) is 3.04. The van der Waals surface area contributed by atoms with E-state index in [4.69, 9.17) is 5.73 Å². The molecule has 0 aliphatic carbocycles. The van der Waals surface area contributed by atoms with Crippen LogP contribution in [0.2, 0.25) is 0 Å². The highest BCUT2D eigenvalue weighted by atomic mass is 15.0. The maximum atomic E-state index is 5.70. The minimum atomic E-state index is 0.569. The van der Waals surface area contributed by atoms with Crippen molar-refractivity contribution >= 4 is 5.82 Å². The van der Waals surface area contributed by atoms with Crippen LogP contribution >= 0.6 is 0 Å². The second-order valence-corrected chi connectivity index (χ2v) is 4.04. The lowest BCUT2D eigenvalue weighted by molar-refractivity contribution is 1.00. The number of benzene rings is 1. The van der Waals surface area contributed by atoms with Crippen LogP contribution in [0.4, 0.5) is 5.82 Å². The van der Waals surface area contributed by atoms with E-state index in [1.807, 2.05) is 30.5 Å². The molecule has 0 radical (unpaired) electrons. The molecule has 0 spiro atoms. The number of hydrogen-bond acceptors (Lipinski definition) is 3. The zero-order chi connectivity index (χ0) is 12.1. The van der Waals surface area contributed by atoms with Gasteiger partial charge in [0.2, 0.25) is 0 Å². The highest BCUT2D eigenvalue weighted by Gasteiger charge is 2.00. The van der Waals surface area contributed by atoms with Gasteiger partial charge in [-0.2, -0.15) is 0 Å². The molecule has 0 aliphatic rings. The van der Waals surface area contributed by atoms with E-state index < -0.39 is 0 Å². The van der Waals surface area contributed by atoms with Crippen LogP contribution in [0.3, 0.4) is 0 Å². The van der Waals surface area contributed by atoms with Crippen LogP contribution in [0.1, 0.15) is 16.7 Å². The van der Waals surface area contributed by atoms with Crippen molar-refractivity contribution in [2.75, 3.05) is 5.32 Å². The van der Waals surface area contributed by atoms with E-state index in [9.17, 15) is 0 Å². The first-order valence-electron chi connectivity index (χ1n) is 5.73. The molecule has 0 atom stereocenters. The quantitative estimate of drug-likeness (QED) is 0.843. The second kappa shape index (κ2) is 5.46. The molecule has 2 rings (SSSR count). The van der Waals surface area contributed by atoms with E-state index in [1.54, 1.807) is 0 Å². The van der Waals surface area contributed by atoms with E-state index in [-0.39, 0.29) is 0 Å². The zero-order valence-electron chi connectivity index (χ0n) is 9.98. The molecule has 1 aromatic carbocycles. The smallest absolute Gasteiger partial charge is 0.126 e. The van der Waals surface area contributed by atoms with E-state index >= 15 is 0 Å². The minimum absolute atomic E-state index is 0.569. The van der Waals surface area contributed by atoms with Crippen LogP contribution in [0, 0.1) is 6.92 Å². The molecule has 0 aliphatic heterocycles. The fraction of sp³-hybridized carbons (Fsp3) is 0.214. The molecule has 17 heavy (non-hydrogen) atoms. The van der Waals surface area contributed by atoms with Crippen molar-refractivity contribution in [1.29, 1.82) is 0 Å². The fourth-order valence-corrected chi connectivity index (χ4v) is 1.75. The molecule has 0 unspecified atom stereocenters. The molecule has 3 nitrogen and oxygen atoms in total. The fourth-order valence-electron chi connectivity index (χ4n) is 1.75. The zero-order valence-corrected chi connectivity index (χ0v) is 9.98. The Morgan fingerprint density at radius 1 is 1.18 bits per heavy atom. The Balaban J connectivity index is 2.07. The van der Waals surface area contributed by atoms with Gasteiger partial charge < -0.3 is 11.1 Å². The first-order chi connectivity index (χ1) is 8.29. The van der Waals surface area contributed by atoms with Crippen molar-refractivity contribution in [2.45, 2.75) is 20.0 Å². The molecule has 0 saturated carbocycles. The molecule has 1 aromatic heterocycles. The average molecular weight is 227 g/mol. The van der Waals surface area contributed by atoms with Gasteiger partial charge in [0.15, 0.2) is 0 Å². The van der Waals surface area contributed by atoms with Crippen LogP contribution in [0.5, 0.6) is 0 Å². The summed E-state index contributed by atoms with van der Waals surface area (Å²) in [4.78, 5) is 4.27.